The summed E-state index contributed by atoms with van der Waals surface area (Å²) in [5.41, 5.74) is 0. The molecule has 2 heteroatoms. The molecule has 0 atom stereocenters. The van der Waals surface area contributed by atoms with Crippen LogP contribution in [0.25, 0.3) is 0 Å². The van der Waals surface area contributed by atoms with E-state index in [4.69, 9.17) is 4.18 Å². The third kappa shape index (κ3) is 3.79. The molecule has 0 unspecified atom stereocenters. The zero-order valence-electron chi connectivity index (χ0n) is 7.25. The standard InChI is InChI=1S/C10H13OS/c1-2-3-9-11-12-10-7-5-4-6-8-10/h4-7H,2-3,9H2,1H3. The molecule has 1 rings (SSSR count). The third-order valence-electron chi connectivity index (χ3n) is 1.41. The van der Waals surface area contributed by atoms with Crippen molar-refractivity contribution in [2.75, 3.05) is 6.61 Å². The summed E-state index contributed by atoms with van der Waals surface area (Å²) in [5.74, 6) is 0. The molecule has 0 bridgehead atoms. The topological polar surface area (TPSA) is 9.23 Å². The molecule has 0 N–H and O–H groups in total. The fourth-order valence-corrected chi connectivity index (χ4v) is 1.32. The molecular formula is C10H13OS. The van der Waals surface area contributed by atoms with Crippen LogP contribution in [0.4, 0.5) is 0 Å². The molecule has 1 aromatic carbocycles. The van der Waals surface area contributed by atoms with Crippen molar-refractivity contribution in [2.45, 2.75) is 24.7 Å². The number of rotatable bonds is 5. The van der Waals surface area contributed by atoms with Gasteiger partial charge in [-0.2, -0.15) is 0 Å². The Hall–Kier alpha value is -0.470. The maximum atomic E-state index is 5.35. The minimum atomic E-state index is 0.823. The highest BCUT2D eigenvalue weighted by molar-refractivity contribution is 7.94. The van der Waals surface area contributed by atoms with Gasteiger partial charge in [-0.15, -0.1) is 0 Å². The van der Waals surface area contributed by atoms with Gasteiger partial charge in [0, 0.05) is 16.9 Å². The van der Waals surface area contributed by atoms with E-state index in [-0.39, 0.29) is 0 Å². The second kappa shape index (κ2) is 6.09. The average Bonchev–Trinajstić information content (AvgIpc) is 2.14. The van der Waals surface area contributed by atoms with Crippen molar-refractivity contribution in [3.63, 3.8) is 0 Å². The molecule has 0 aliphatic rings. The smallest absolute Gasteiger partial charge is 0.0618 e. The van der Waals surface area contributed by atoms with Crippen molar-refractivity contribution in [2.24, 2.45) is 0 Å². The summed E-state index contributed by atoms with van der Waals surface area (Å²) in [6.45, 7) is 2.98. The first-order valence-electron chi connectivity index (χ1n) is 4.19. The van der Waals surface area contributed by atoms with Crippen LogP contribution in [0.5, 0.6) is 0 Å². The molecule has 0 fully saturated rings. The summed E-state index contributed by atoms with van der Waals surface area (Å²) < 4.78 is 5.35. The molecule has 1 nitrogen and oxygen atoms in total. The van der Waals surface area contributed by atoms with Gasteiger partial charge in [-0.25, -0.2) is 0 Å². The fourth-order valence-electron chi connectivity index (χ4n) is 0.737. The summed E-state index contributed by atoms with van der Waals surface area (Å²) in [4.78, 5) is 1.05. The van der Waals surface area contributed by atoms with E-state index in [9.17, 15) is 0 Å². The van der Waals surface area contributed by atoms with Gasteiger partial charge in [0.15, 0.2) is 0 Å². The molecule has 1 radical (unpaired) electrons. The van der Waals surface area contributed by atoms with Crippen LogP contribution in [0.1, 0.15) is 19.8 Å². The normalized spacial score (nSPS) is 10.1. The average molecular weight is 181 g/mol. The third-order valence-corrected chi connectivity index (χ3v) is 2.13. The Morgan fingerprint density at radius 1 is 1.50 bits per heavy atom. The molecule has 65 valence electrons. The summed E-state index contributed by atoms with van der Waals surface area (Å²) in [6.07, 6.45) is 2.30. The number of benzene rings is 1. The quantitative estimate of drug-likeness (QED) is 0.509. The lowest BCUT2D eigenvalue weighted by Gasteiger charge is -1.99. The van der Waals surface area contributed by atoms with Crippen molar-refractivity contribution >= 4 is 12.0 Å². The van der Waals surface area contributed by atoms with Crippen LogP contribution >= 0.6 is 12.0 Å². The molecule has 1 aromatic rings. The van der Waals surface area contributed by atoms with E-state index < -0.39 is 0 Å². The molecule has 12 heavy (non-hydrogen) atoms. The predicted octanol–water partition coefficient (Wildman–Crippen LogP) is 3.31. The first kappa shape index (κ1) is 9.62. The first-order chi connectivity index (χ1) is 5.93. The van der Waals surface area contributed by atoms with Gasteiger partial charge in [0.2, 0.25) is 0 Å². The van der Waals surface area contributed by atoms with Gasteiger partial charge in [-0.3, -0.25) is 0 Å². The zero-order valence-corrected chi connectivity index (χ0v) is 8.06. The van der Waals surface area contributed by atoms with Crippen LogP contribution in [0, 0.1) is 6.07 Å². The molecule has 0 aromatic heterocycles. The van der Waals surface area contributed by atoms with Crippen molar-refractivity contribution in [1.82, 2.24) is 0 Å². The Morgan fingerprint density at radius 3 is 3.08 bits per heavy atom. The van der Waals surface area contributed by atoms with E-state index in [1.807, 2.05) is 24.3 Å². The van der Waals surface area contributed by atoms with Gasteiger partial charge in [-0.1, -0.05) is 31.5 Å². The molecule has 0 spiro atoms. The molecule has 0 saturated heterocycles. The van der Waals surface area contributed by atoms with E-state index in [0.29, 0.717) is 0 Å². The second-order valence-electron chi connectivity index (χ2n) is 2.49. The van der Waals surface area contributed by atoms with Crippen LogP contribution < -0.4 is 0 Å². The monoisotopic (exact) mass is 181 g/mol. The van der Waals surface area contributed by atoms with Gasteiger partial charge < -0.3 is 4.18 Å². The Bertz CT molecular complexity index is 198. The lowest BCUT2D eigenvalue weighted by Crippen LogP contribution is -1.84. The highest BCUT2D eigenvalue weighted by Gasteiger charge is 1.91. The van der Waals surface area contributed by atoms with Gasteiger partial charge in [0.05, 0.1) is 6.61 Å². The van der Waals surface area contributed by atoms with Gasteiger partial charge in [0.25, 0.3) is 0 Å². The summed E-state index contributed by atoms with van der Waals surface area (Å²) in [6, 6.07) is 10.9. The summed E-state index contributed by atoms with van der Waals surface area (Å²) in [7, 11) is 0. The Kier molecular flexibility index (Phi) is 4.88. The maximum absolute atomic E-state index is 5.35. The highest BCUT2D eigenvalue weighted by Crippen LogP contribution is 2.17. The minimum absolute atomic E-state index is 0.823. The Morgan fingerprint density at radius 2 is 2.42 bits per heavy atom. The fraction of sp³-hybridized carbons (Fsp3) is 0.400. The van der Waals surface area contributed by atoms with E-state index >= 15 is 0 Å². The largest absolute Gasteiger partial charge is 0.310 e. The lowest BCUT2D eigenvalue weighted by molar-refractivity contribution is 0.362. The lowest BCUT2D eigenvalue weighted by atomic mass is 10.4. The molecule has 0 heterocycles. The van der Waals surface area contributed by atoms with Gasteiger partial charge in [-0.05, 0) is 18.6 Å². The molecule has 0 aliphatic heterocycles. The molecule has 0 amide bonds. The van der Waals surface area contributed by atoms with E-state index in [2.05, 4.69) is 13.0 Å². The van der Waals surface area contributed by atoms with Crippen LogP contribution in [0.15, 0.2) is 29.2 Å². The van der Waals surface area contributed by atoms with E-state index in [0.717, 1.165) is 17.9 Å². The van der Waals surface area contributed by atoms with Crippen LogP contribution in [0.2, 0.25) is 0 Å². The second-order valence-corrected chi connectivity index (χ2v) is 3.33. The maximum Gasteiger partial charge on any atom is 0.0618 e. The molecular weight excluding hydrogens is 168 g/mol. The Labute approximate surface area is 78.3 Å². The molecule has 0 aliphatic carbocycles. The van der Waals surface area contributed by atoms with Crippen molar-refractivity contribution in [3.05, 3.63) is 30.3 Å². The zero-order chi connectivity index (χ0) is 8.65. The van der Waals surface area contributed by atoms with Crippen molar-refractivity contribution < 1.29 is 4.18 Å². The molecule has 0 saturated carbocycles. The van der Waals surface area contributed by atoms with Crippen molar-refractivity contribution in [1.29, 1.82) is 0 Å². The van der Waals surface area contributed by atoms with Crippen LogP contribution in [-0.4, -0.2) is 6.61 Å². The van der Waals surface area contributed by atoms with Gasteiger partial charge in [0.1, 0.15) is 0 Å². The number of hydrogen-bond donors (Lipinski definition) is 0. The van der Waals surface area contributed by atoms with Crippen molar-refractivity contribution in [3.8, 4) is 0 Å². The minimum Gasteiger partial charge on any atom is -0.310 e. The van der Waals surface area contributed by atoms with E-state index in [1.165, 1.54) is 18.5 Å². The Balaban J connectivity index is 2.16. The van der Waals surface area contributed by atoms with Gasteiger partial charge >= 0.3 is 0 Å². The first-order valence-corrected chi connectivity index (χ1v) is 4.94. The summed E-state index contributed by atoms with van der Waals surface area (Å²) in [5, 5.41) is 0. The van der Waals surface area contributed by atoms with Crippen LogP contribution in [0.3, 0.4) is 0 Å². The highest BCUT2D eigenvalue weighted by atomic mass is 32.2. The summed E-state index contributed by atoms with van der Waals surface area (Å²) >= 11 is 1.40. The number of unbranched alkanes of at least 4 members (excludes halogenated alkanes) is 1. The van der Waals surface area contributed by atoms with Crippen LogP contribution in [-0.2, 0) is 4.18 Å². The number of hydrogen-bond acceptors (Lipinski definition) is 2. The predicted molar refractivity (Wildman–Crippen MR) is 52.0 cm³/mol. The van der Waals surface area contributed by atoms with E-state index in [1.54, 1.807) is 0 Å². The SMILES string of the molecule is CCCCOSc1[c]cccc1.